The van der Waals surface area contributed by atoms with Gasteiger partial charge in [-0.25, -0.2) is 14.8 Å². The maximum absolute atomic E-state index is 11.3. The van der Waals surface area contributed by atoms with Gasteiger partial charge in [-0.1, -0.05) is 18.9 Å². The van der Waals surface area contributed by atoms with Crippen LogP contribution in [0.15, 0.2) is 35.5 Å². The van der Waals surface area contributed by atoms with Gasteiger partial charge in [0.1, 0.15) is 12.7 Å². The van der Waals surface area contributed by atoms with Crippen molar-refractivity contribution in [2.45, 2.75) is 20.0 Å². The molecule has 0 bridgehead atoms. The lowest BCUT2D eigenvalue weighted by atomic mass is 10.2. The number of carbonyl (C=O) groups excluding carboxylic acids is 1. The van der Waals surface area contributed by atoms with Crippen LogP contribution in [0.25, 0.3) is 11.4 Å². The van der Waals surface area contributed by atoms with E-state index in [0.717, 1.165) is 0 Å². The van der Waals surface area contributed by atoms with Gasteiger partial charge >= 0.3 is 12.1 Å². The van der Waals surface area contributed by atoms with Crippen LogP contribution in [0.5, 0.6) is 6.01 Å². The first kappa shape index (κ1) is 17.7. The number of pyridine rings is 1. The van der Waals surface area contributed by atoms with Gasteiger partial charge < -0.3 is 20.9 Å². The Morgan fingerprint density at radius 3 is 2.80 bits per heavy atom. The van der Waals surface area contributed by atoms with Gasteiger partial charge in [-0.2, -0.15) is 4.98 Å². The molecule has 0 radical (unpaired) electrons. The van der Waals surface area contributed by atoms with Crippen LogP contribution in [0.3, 0.4) is 0 Å². The summed E-state index contributed by atoms with van der Waals surface area (Å²) in [5.74, 6) is 2.39. The summed E-state index contributed by atoms with van der Waals surface area (Å²) in [5, 5.41) is 0. The van der Waals surface area contributed by atoms with Crippen LogP contribution in [0.2, 0.25) is 0 Å². The van der Waals surface area contributed by atoms with Crippen molar-refractivity contribution in [3.8, 4) is 29.4 Å². The van der Waals surface area contributed by atoms with E-state index in [2.05, 4.69) is 32.0 Å². The Labute approximate surface area is 144 Å². The van der Waals surface area contributed by atoms with E-state index in [1.807, 2.05) is 6.92 Å². The average Bonchev–Trinajstić information content (AvgIpc) is 2.60. The number of hydrogen-bond donors (Lipinski definition) is 2. The van der Waals surface area contributed by atoms with Crippen molar-refractivity contribution >= 4 is 12.1 Å². The minimum atomic E-state index is -0.889. The van der Waals surface area contributed by atoms with Crippen molar-refractivity contribution in [2.24, 2.45) is 16.5 Å². The highest BCUT2D eigenvalue weighted by Crippen LogP contribution is 2.16. The van der Waals surface area contributed by atoms with Crippen LogP contribution in [0, 0.1) is 12.0 Å². The molecule has 0 saturated carbocycles. The molecule has 0 atom stereocenters. The number of carbonyl (C=O) groups is 1. The fourth-order valence-corrected chi connectivity index (χ4v) is 1.66. The summed E-state index contributed by atoms with van der Waals surface area (Å²) in [7, 11) is 0. The summed E-state index contributed by atoms with van der Waals surface area (Å²) >= 11 is 0. The van der Waals surface area contributed by atoms with Crippen molar-refractivity contribution in [3.05, 3.63) is 36.2 Å². The molecule has 0 fully saturated rings. The summed E-state index contributed by atoms with van der Waals surface area (Å²) in [5.41, 5.74) is 11.8. The molecule has 9 heteroatoms. The third-order valence-corrected chi connectivity index (χ3v) is 2.66. The minimum absolute atomic E-state index is 0.0835. The SMILES string of the molecule is CCC#COc1nccc(-c2cccc(COC(=O)N=C(N)N)n2)n1. The summed E-state index contributed by atoms with van der Waals surface area (Å²) < 4.78 is 10.0. The second kappa shape index (κ2) is 8.83. The zero-order chi connectivity index (χ0) is 18.1. The molecule has 128 valence electrons. The average molecular weight is 340 g/mol. The molecule has 1 amide bonds. The van der Waals surface area contributed by atoms with Crippen LogP contribution >= 0.6 is 0 Å². The number of nitrogens with two attached hydrogens (primary N) is 2. The van der Waals surface area contributed by atoms with Crippen LogP contribution in [-0.2, 0) is 11.3 Å². The highest BCUT2D eigenvalue weighted by Gasteiger charge is 2.07. The quantitative estimate of drug-likeness (QED) is 0.481. The zero-order valence-electron chi connectivity index (χ0n) is 13.5. The number of amides is 1. The van der Waals surface area contributed by atoms with E-state index in [1.165, 1.54) is 0 Å². The lowest BCUT2D eigenvalue weighted by molar-refractivity contribution is 0.149. The van der Waals surface area contributed by atoms with E-state index in [9.17, 15) is 4.79 Å². The third-order valence-electron chi connectivity index (χ3n) is 2.66. The van der Waals surface area contributed by atoms with Gasteiger partial charge in [-0.05, 0) is 18.2 Å². The lowest BCUT2D eigenvalue weighted by Gasteiger charge is -2.05. The Bertz CT molecular complexity index is 837. The second-order valence-corrected chi connectivity index (χ2v) is 4.56. The molecular formula is C16H16N6O3. The summed E-state index contributed by atoms with van der Waals surface area (Å²) in [4.78, 5) is 27.1. The number of nitrogens with zero attached hydrogens (tertiary/aromatic N) is 4. The molecule has 4 N–H and O–H groups in total. The van der Waals surface area contributed by atoms with Crippen LogP contribution in [0.4, 0.5) is 4.79 Å². The van der Waals surface area contributed by atoms with Gasteiger partial charge in [-0.3, -0.25) is 0 Å². The second-order valence-electron chi connectivity index (χ2n) is 4.56. The molecule has 25 heavy (non-hydrogen) atoms. The van der Waals surface area contributed by atoms with Crippen molar-refractivity contribution in [1.82, 2.24) is 15.0 Å². The normalized spacial score (nSPS) is 9.48. The molecule has 0 aliphatic rings. The first-order valence-corrected chi connectivity index (χ1v) is 7.29. The van der Waals surface area contributed by atoms with Crippen LogP contribution in [-0.4, -0.2) is 27.0 Å². The molecule has 0 aliphatic carbocycles. The highest BCUT2D eigenvalue weighted by molar-refractivity contribution is 5.87. The number of aliphatic imine (C=N–C) groups is 1. The lowest BCUT2D eigenvalue weighted by Crippen LogP contribution is -2.24. The Hall–Kier alpha value is -3.67. The summed E-state index contributed by atoms with van der Waals surface area (Å²) in [6.45, 7) is 1.82. The molecule has 0 aromatic carbocycles. The number of hydrogen-bond acceptors (Lipinski definition) is 6. The van der Waals surface area contributed by atoms with E-state index in [0.29, 0.717) is 23.5 Å². The first-order chi connectivity index (χ1) is 12.1. The van der Waals surface area contributed by atoms with Crippen molar-refractivity contribution in [1.29, 1.82) is 0 Å². The van der Waals surface area contributed by atoms with E-state index < -0.39 is 6.09 Å². The van der Waals surface area contributed by atoms with Gasteiger partial charge in [-0.15, -0.1) is 4.99 Å². The van der Waals surface area contributed by atoms with Gasteiger partial charge in [0.15, 0.2) is 5.96 Å². The van der Waals surface area contributed by atoms with Gasteiger partial charge in [0.25, 0.3) is 0 Å². The monoisotopic (exact) mass is 340 g/mol. The first-order valence-electron chi connectivity index (χ1n) is 7.29. The molecule has 9 nitrogen and oxygen atoms in total. The fraction of sp³-hybridized carbons (Fsp3) is 0.188. The number of aromatic nitrogens is 3. The van der Waals surface area contributed by atoms with E-state index in [-0.39, 0.29) is 18.6 Å². The fourth-order valence-electron chi connectivity index (χ4n) is 1.66. The van der Waals surface area contributed by atoms with Gasteiger partial charge in [0, 0.05) is 12.6 Å². The molecule has 0 spiro atoms. The predicted octanol–water partition coefficient (Wildman–Crippen LogP) is 1.20. The largest absolute Gasteiger partial charge is 0.441 e. The Balaban J connectivity index is 2.11. The van der Waals surface area contributed by atoms with Crippen LogP contribution in [0.1, 0.15) is 19.0 Å². The minimum Gasteiger partial charge on any atom is -0.441 e. The Kier molecular flexibility index (Phi) is 6.24. The van der Waals surface area contributed by atoms with Gasteiger partial charge in [0.2, 0.25) is 0 Å². The Morgan fingerprint density at radius 2 is 2.04 bits per heavy atom. The van der Waals surface area contributed by atoms with Crippen molar-refractivity contribution in [2.75, 3.05) is 0 Å². The molecule has 0 aliphatic heterocycles. The van der Waals surface area contributed by atoms with Gasteiger partial charge in [0.05, 0.1) is 17.1 Å². The zero-order valence-corrected chi connectivity index (χ0v) is 13.5. The molecule has 0 unspecified atom stereocenters. The summed E-state index contributed by atoms with van der Waals surface area (Å²) in [6.07, 6.45) is 3.82. The standard InChI is InChI=1S/C16H16N6O3/c1-2-3-9-24-15-19-8-7-13(21-15)12-6-4-5-11(20-12)10-25-16(23)22-14(17)18/h4-8H,2,10H2,1H3,(H4,17,18,22,23). The summed E-state index contributed by atoms with van der Waals surface area (Å²) in [6, 6.07) is 7.01. The number of ether oxygens (including phenoxy) is 2. The highest BCUT2D eigenvalue weighted by atomic mass is 16.5. The molecule has 0 saturated heterocycles. The topological polar surface area (TPSA) is 139 Å². The molecule has 2 rings (SSSR count). The molecule has 2 aromatic heterocycles. The maximum atomic E-state index is 11.3. The van der Waals surface area contributed by atoms with Crippen LogP contribution < -0.4 is 16.2 Å². The number of rotatable bonds is 4. The number of guanidine groups is 1. The maximum Gasteiger partial charge on any atom is 0.437 e. The smallest absolute Gasteiger partial charge is 0.437 e. The predicted molar refractivity (Wildman–Crippen MR) is 90.0 cm³/mol. The van der Waals surface area contributed by atoms with E-state index >= 15 is 0 Å². The molecular weight excluding hydrogens is 324 g/mol. The van der Waals surface area contributed by atoms with Crippen molar-refractivity contribution in [3.63, 3.8) is 0 Å². The molecule has 2 heterocycles. The molecule has 2 aromatic rings. The van der Waals surface area contributed by atoms with E-state index in [1.54, 1.807) is 30.5 Å². The van der Waals surface area contributed by atoms with Crippen molar-refractivity contribution < 1.29 is 14.3 Å². The van der Waals surface area contributed by atoms with E-state index in [4.69, 9.17) is 20.9 Å². The third kappa shape index (κ3) is 5.80. The Morgan fingerprint density at radius 1 is 1.24 bits per heavy atom.